The van der Waals surface area contributed by atoms with Gasteiger partial charge in [-0.15, -0.1) is 0 Å². The molecule has 0 atom stereocenters. The highest BCUT2D eigenvalue weighted by Crippen LogP contribution is 2.30. The van der Waals surface area contributed by atoms with E-state index >= 15 is 0 Å². The van der Waals surface area contributed by atoms with Gasteiger partial charge in [0.1, 0.15) is 5.76 Å². The van der Waals surface area contributed by atoms with Gasteiger partial charge >= 0.3 is 0 Å². The van der Waals surface area contributed by atoms with E-state index in [4.69, 9.17) is 4.42 Å². The molecular weight excluding hydrogens is 136 g/mol. The molecule has 0 aliphatic rings. The average Bonchev–Trinajstić information content (AvgIpc) is 2.55. The molecule has 0 saturated carbocycles. The van der Waals surface area contributed by atoms with Gasteiger partial charge in [0.2, 0.25) is 0 Å². The number of hydrogen-bond donors (Lipinski definition) is 0. The van der Waals surface area contributed by atoms with E-state index in [2.05, 4.69) is 26.8 Å². The van der Waals surface area contributed by atoms with Gasteiger partial charge in [-0.3, -0.25) is 0 Å². The van der Waals surface area contributed by atoms with Gasteiger partial charge < -0.3 is 4.42 Å². The molecule has 0 fully saturated rings. The Labute approximate surface area is 68.4 Å². The fourth-order valence-electron chi connectivity index (χ4n) is 1.22. The van der Waals surface area contributed by atoms with Crippen molar-refractivity contribution >= 4 is 0 Å². The van der Waals surface area contributed by atoms with Crippen LogP contribution >= 0.6 is 0 Å². The third-order valence-corrected chi connectivity index (χ3v) is 2.68. The maximum absolute atomic E-state index is 5.38. The third kappa shape index (κ3) is 1.47. The summed E-state index contributed by atoms with van der Waals surface area (Å²) in [7, 11) is 0. The fourth-order valence-corrected chi connectivity index (χ4v) is 1.22. The molecule has 11 heavy (non-hydrogen) atoms. The van der Waals surface area contributed by atoms with Gasteiger partial charge in [0.25, 0.3) is 0 Å². The van der Waals surface area contributed by atoms with Crippen LogP contribution < -0.4 is 0 Å². The second kappa shape index (κ2) is 3.12. The number of hydrogen-bond acceptors (Lipinski definition) is 1. The summed E-state index contributed by atoms with van der Waals surface area (Å²) >= 11 is 0. The molecule has 1 heteroatoms. The van der Waals surface area contributed by atoms with Gasteiger partial charge in [-0.25, -0.2) is 0 Å². The van der Waals surface area contributed by atoms with Crippen LogP contribution in [0.1, 0.15) is 39.4 Å². The van der Waals surface area contributed by atoms with Crippen molar-refractivity contribution in [1.82, 2.24) is 0 Å². The lowest BCUT2D eigenvalue weighted by Gasteiger charge is -2.23. The SMILES string of the molecule is CCC(C)(CC)c1ccco1. The second-order valence-corrected chi connectivity index (χ2v) is 3.25. The molecule has 0 unspecified atom stereocenters. The lowest BCUT2D eigenvalue weighted by Crippen LogP contribution is -2.18. The van der Waals surface area contributed by atoms with E-state index in [1.165, 1.54) is 0 Å². The first-order valence-electron chi connectivity index (χ1n) is 4.27. The van der Waals surface area contributed by atoms with Crippen LogP contribution in [-0.4, -0.2) is 0 Å². The van der Waals surface area contributed by atoms with Crippen molar-refractivity contribution in [3.05, 3.63) is 24.2 Å². The lowest BCUT2D eigenvalue weighted by atomic mass is 9.82. The molecular formula is C10H16O. The van der Waals surface area contributed by atoms with Gasteiger partial charge in [0.05, 0.1) is 6.26 Å². The standard InChI is InChI=1S/C10H16O/c1-4-10(3,5-2)9-7-6-8-11-9/h6-8H,4-5H2,1-3H3. The minimum Gasteiger partial charge on any atom is -0.469 e. The summed E-state index contributed by atoms with van der Waals surface area (Å²) < 4.78 is 5.38. The van der Waals surface area contributed by atoms with Crippen molar-refractivity contribution in [3.8, 4) is 0 Å². The molecule has 0 amide bonds. The predicted molar refractivity (Wildman–Crippen MR) is 46.6 cm³/mol. The van der Waals surface area contributed by atoms with E-state index in [1.807, 2.05) is 6.07 Å². The van der Waals surface area contributed by atoms with Gasteiger partial charge in [0.15, 0.2) is 0 Å². The minimum absolute atomic E-state index is 0.240. The maximum Gasteiger partial charge on any atom is 0.109 e. The molecule has 0 N–H and O–H groups in total. The monoisotopic (exact) mass is 152 g/mol. The van der Waals surface area contributed by atoms with Crippen molar-refractivity contribution < 1.29 is 4.42 Å². The molecule has 0 aliphatic heterocycles. The van der Waals surface area contributed by atoms with Crippen molar-refractivity contribution in [3.63, 3.8) is 0 Å². The maximum atomic E-state index is 5.38. The fraction of sp³-hybridized carbons (Fsp3) is 0.600. The van der Waals surface area contributed by atoms with Gasteiger partial charge in [-0.05, 0) is 25.0 Å². The van der Waals surface area contributed by atoms with Crippen LogP contribution in [0.4, 0.5) is 0 Å². The molecule has 0 spiro atoms. The Hall–Kier alpha value is -0.720. The number of rotatable bonds is 3. The molecule has 1 aromatic heterocycles. The third-order valence-electron chi connectivity index (χ3n) is 2.68. The van der Waals surface area contributed by atoms with Crippen LogP contribution in [0.2, 0.25) is 0 Å². The van der Waals surface area contributed by atoms with Crippen LogP contribution in [0.25, 0.3) is 0 Å². The Morgan fingerprint density at radius 2 is 2.00 bits per heavy atom. The first kappa shape index (κ1) is 8.38. The zero-order valence-electron chi connectivity index (χ0n) is 7.55. The summed E-state index contributed by atoms with van der Waals surface area (Å²) in [6, 6.07) is 4.02. The molecule has 1 rings (SSSR count). The summed E-state index contributed by atoms with van der Waals surface area (Å²) in [6.45, 7) is 6.64. The van der Waals surface area contributed by atoms with Gasteiger partial charge in [0, 0.05) is 5.41 Å². The summed E-state index contributed by atoms with van der Waals surface area (Å²) in [5.74, 6) is 1.11. The van der Waals surface area contributed by atoms with E-state index in [0.717, 1.165) is 18.6 Å². The van der Waals surface area contributed by atoms with Crippen molar-refractivity contribution in [1.29, 1.82) is 0 Å². The van der Waals surface area contributed by atoms with Gasteiger partial charge in [-0.1, -0.05) is 20.8 Å². The summed E-state index contributed by atoms with van der Waals surface area (Å²) in [5.41, 5.74) is 0.240. The van der Waals surface area contributed by atoms with Crippen LogP contribution in [0.15, 0.2) is 22.8 Å². The minimum atomic E-state index is 0.240. The summed E-state index contributed by atoms with van der Waals surface area (Å²) in [4.78, 5) is 0. The normalized spacial score (nSPS) is 11.9. The predicted octanol–water partition coefficient (Wildman–Crippen LogP) is 3.36. The molecule has 0 saturated heterocycles. The molecule has 0 aliphatic carbocycles. The zero-order valence-corrected chi connectivity index (χ0v) is 7.55. The highest BCUT2D eigenvalue weighted by Gasteiger charge is 2.24. The van der Waals surface area contributed by atoms with E-state index in [0.29, 0.717) is 0 Å². The summed E-state index contributed by atoms with van der Waals surface area (Å²) in [5, 5.41) is 0. The second-order valence-electron chi connectivity index (χ2n) is 3.25. The molecule has 0 bridgehead atoms. The molecule has 1 aromatic rings. The quantitative estimate of drug-likeness (QED) is 0.647. The first-order valence-corrected chi connectivity index (χ1v) is 4.27. The van der Waals surface area contributed by atoms with E-state index in [9.17, 15) is 0 Å². The van der Waals surface area contributed by atoms with Crippen LogP contribution in [0.3, 0.4) is 0 Å². The van der Waals surface area contributed by atoms with Crippen LogP contribution in [0, 0.1) is 0 Å². The Balaban J connectivity index is 2.87. The zero-order chi connectivity index (χ0) is 8.32. The van der Waals surface area contributed by atoms with E-state index in [1.54, 1.807) is 6.26 Å². The molecule has 62 valence electrons. The van der Waals surface area contributed by atoms with Gasteiger partial charge in [-0.2, -0.15) is 0 Å². The van der Waals surface area contributed by atoms with Crippen LogP contribution in [-0.2, 0) is 5.41 Å². The van der Waals surface area contributed by atoms with Crippen LogP contribution in [0.5, 0.6) is 0 Å². The molecule has 0 aromatic carbocycles. The number of furan rings is 1. The highest BCUT2D eigenvalue weighted by molar-refractivity contribution is 5.11. The Bertz CT molecular complexity index is 195. The Kier molecular flexibility index (Phi) is 2.38. The molecule has 0 radical (unpaired) electrons. The smallest absolute Gasteiger partial charge is 0.109 e. The average molecular weight is 152 g/mol. The van der Waals surface area contributed by atoms with Crippen molar-refractivity contribution in [2.24, 2.45) is 0 Å². The molecule has 1 nitrogen and oxygen atoms in total. The topological polar surface area (TPSA) is 13.1 Å². The Morgan fingerprint density at radius 1 is 1.36 bits per heavy atom. The molecule has 1 heterocycles. The van der Waals surface area contributed by atoms with Crippen molar-refractivity contribution in [2.45, 2.75) is 39.0 Å². The van der Waals surface area contributed by atoms with E-state index < -0.39 is 0 Å². The Morgan fingerprint density at radius 3 is 2.36 bits per heavy atom. The largest absolute Gasteiger partial charge is 0.469 e. The highest BCUT2D eigenvalue weighted by atomic mass is 16.3. The first-order chi connectivity index (χ1) is 5.23. The summed E-state index contributed by atoms with van der Waals surface area (Å²) in [6.07, 6.45) is 4.02. The lowest BCUT2D eigenvalue weighted by molar-refractivity contribution is 0.339. The van der Waals surface area contributed by atoms with Crippen molar-refractivity contribution in [2.75, 3.05) is 0 Å². The van der Waals surface area contributed by atoms with E-state index in [-0.39, 0.29) is 5.41 Å².